The van der Waals surface area contributed by atoms with Crippen molar-refractivity contribution in [2.45, 2.75) is 16.4 Å². The van der Waals surface area contributed by atoms with E-state index < -0.39 is 34.1 Å². The number of nitrogens with two attached hydrogens (primary N) is 1. The molecule has 4 rings (SSSR count). The van der Waals surface area contributed by atoms with Crippen LogP contribution in [0.15, 0.2) is 45.2 Å². The van der Waals surface area contributed by atoms with Crippen LogP contribution in [0.4, 0.5) is 10.8 Å². The fourth-order valence-electron chi connectivity index (χ4n) is 3.42. The molecule has 4 heterocycles. The van der Waals surface area contributed by atoms with E-state index in [1.807, 2.05) is 0 Å². The first-order valence-corrected chi connectivity index (χ1v) is 12.9. The van der Waals surface area contributed by atoms with E-state index in [2.05, 4.69) is 20.4 Å². The number of thiazole rings is 1. The molecule has 2 aliphatic rings. The number of nitrogens with one attached hydrogen (secondary N) is 1. The summed E-state index contributed by atoms with van der Waals surface area (Å²) in [5.41, 5.74) is 5.82. The third kappa shape index (κ3) is 4.98. The fraction of sp³-hybridized carbons (Fsp3) is 0.263. The van der Waals surface area contributed by atoms with Crippen molar-refractivity contribution in [2.24, 2.45) is 5.16 Å². The van der Waals surface area contributed by atoms with Gasteiger partial charge in [0.2, 0.25) is 0 Å². The summed E-state index contributed by atoms with van der Waals surface area (Å²) >= 11 is 3.61. The topological polar surface area (TPSA) is 203 Å². The summed E-state index contributed by atoms with van der Waals surface area (Å²) in [6.07, 6.45) is 1.12. The molecule has 0 radical (unpaired) electrons. The van der Waals surface area contributed by atoms with Gasteiger partial charge in [0.25, 0.3) is 17.5 Å². The Morgan fingerprint density at radius 2 is 2.25 bits per heavy atom. The second-order valence-corrected chi connectivity index (χ2v) is 10.2. The zero-order valence-electron chi connectivity index (χ0n) is 18.3. The van der Waals surface area contributed by atoms with Crippen LogP contribution in [-0.2, 0) is 19.2 Å². The molecule has 2 aromatic rings. The maximum absolute atomic E-state index is 12.9. The standard InChI is InChI=1S/C19H17N7O7S3/c1-33-24-12(10-7-36-19(20)22-10)15(27)23-13-16(28)25-14(18(29)30)8(6-35-17(13)25)5-34-11-3-2-9(4-21-11)26(31)32/h2-4,7,13,17H,5-6H2,1H3,(H2,20,22)(H,23,27)(H,29,30)/t13-,17+/m1/s1. The monoisotopic (exact) mass is 551 g/mol. The van der Waals surface area contributed by atoms with Gasteiger partial charge in [-0.05, 0) is 11.6 Å². The van der Waals surface area contributed by atoms with Gasteiger partial charge in [-0.25, -0.2) is 14.8 Å². The van der Waals surface area contributed by atoms with E-state index in [0.717, 1.165) is 22.4 Å². The quantitative estimate of drug-likeness (QED) is 0.131. The van der Waals surface area contributed by atoms with Crippen molar-refractivity contribution in [3.8, 4) is 0 Å². The lowest BCUT2D eigenvalue weighted by Crippen LogP contribution is -2.71. The lowest BCUT2D eigenvalue weighted by molar-refractivity contribution is -0.385. The number of hydrogen-bond donors (Lipinski definition) is 3. The third-order valence-electron chi connectivity index (χ3n) is 5.02. The van der Waals surface area contributed by atoms with Crippen molar-refractivity contribution in [1.29, 1.82) is 0 Å². The Bertz CT molecular complexity index is 1290. The van der Waals surface area contributed by atoms with Crippen LogP contribution in [0.2, 0.25) is 0 Å². The highest BCUT2D eigenvalue weighted by Crippen LogP contribution is 2.41. The van der Waals surface area contributed by atoms with Gasteiger partial charge in [-0.15, -0.1) is 34.9 Å². The summed E-state index contributed by atoms with van der Waals surface area (Å²) in [5.74, 6) is -2.06. The van der Waals surface area contributed by atoms with Crippen LogP contribution in [-0.4, -0.2) is 78.4 Å². The van der Waals surface area contributed by atoms with Gasteiger partial charge in [0.05, 0.1) is 9.95 Å². The van der Waals surface area contributed by atoms with Gasteiger partial charge in [0, 0.05) is 23.0 Å². The van der Waals surface area contributed by atoms with Crippen molar-refractivity contribution in [2.75, 3.05) is 24.3 Å². The number of rotatable bonds is 9. The van der Waals surface area contributed by atoms with Gasteiger partial charge < -0.3 is 21.0 Å². The second kappa shape index (κ2) is 10.5. The lowest BCUT2D eigenvalue weighted by Gasteiger charge is -2.49. The van der Waals surface area contributed by atoms with Crippen LogP contribution in [0.25, 0.3) is 0 Å². The highest BCUT2D eigenvalue weighted by Gasteiger charge is 2.54. The van der Waals surface area contributed by atoms with Crippen LogP contribution in [0.5, 0.6) is 0 Å². The minimum absolute atomic E-state index is 0.151. The molecule has 188 valence electrons. The molecular weight excluding hydrogens is 534 g/mol. The smallest absolute Gasteiger partial charge is 0.352 e. The minimum Gasteiger partial charge on any atom is -0.477 e. The molecule has 0 spiro atoms. The number of carboxylic acid groups (broad SMARTS) is 1. The van der Waals surface area contributed by atoms with Gasteiger partial charge in [0.15, 0.2) is 10.8 Å². The van der Waals surface area contributed by atoms with Gasteiger partial charge in [-0.1, -0.05) is 5.16 Å². The number of aliphatic carboxylic acids is 1. The number of amides is 2. The predicted molar refractivity (Wildman–Crippen MR) is 131 cm³/mol. The lowest BCUT2D eigenvalue weighted by atomic mass is 10.0. The van der Waals surface area contributed by atoms with Crippen molar-refractivity contribution in [1.82, 2.24) is 20.2 Å². The minimum atomic E-state index is -1.27. The number of oxime groups is 1. The van der Waals surface area contributed by atoms with E-state index in [0.29, 0.717) is 16.4 Å². The molecule has 0 saturated carbocycles. The van der Waals surface area contributed by atoms with E-state index in [9.17, 15) is 29.6 Å². The number of pyridine rings is 1. The number of fused-ring (bicyclic) bond motifs is 1. The van der Waals surface area contributed by atoms with E-state index in [1.165, 1.54) is 48.1 Å². The Balaban J connectivity index is 1.47. The maximum atomic E-state index is 12.9. The van der Waals surface area contributed by atoms with Crippen molar-refractivity contribution in [3.63, 3.8) is 0 Å². The number of β-lactam (4-membered cyclic amide) rings is 1. The second-order valence-electron chi connectivity index (χ2n) is 7.21. The van der Waals surface area contributed by atoms with Gasteiger partial charge in [0.1, 0.15) is 36.1 Å². The normalized spacial score (nSPS) is 19.4. The number of anilines is 1. The molecule has 0 unspecified atom stereocenters. The summed E-state index contributed by atoms with van der Waals surface area (Å²) in [5, 5.41) is 28.4. The maximum Gasteiger partial charge on any atom is 0.352 e. The number of hydrogen-bond acceptors (Lipinski definition) is 13. The third-order valence-corrected chi connectivity index (χ3v) is 8.07. The number of carbonyl (C=O) groups is 3. The van der Waals surface area contributed by atoms with Crippen LogP contribution in [0.3, 0.4) is 0 Å². The van der Waals surface area contributed by atoms with Crippen molar-refractivity contribution < 1.29 is 29.3 Å². The fourth-order valence-corrected chi connectivity index (χ4v) is 6.30. The van der Waals surface area contributed by atoms with E-state index in [1.54, 1.807) is 0 Å². The largest absolute Gasteiger partial charge is 0.477 e. The molecule has 1 saturated heterocycles. The molecule has 2 atom stereocenters. The van der Waals surface area contributed by atoms with Gasteiger partial charge >= 0.3 is 5.97 Å². The molecule has 2 aromatic heterocycles. The first kappa shape index (κ1) is 25.4. The summed E-state index contributed by atoms with van der Waals surface area (Å²) in [7, 11) is 1.26. The number of carboxylic acids is 1. The number of nitrogens with zero attached hydrogens (tertiary/aromatic N) is 5. The molecule has 14 nitrogen and oxygen atoms in total. The summed E-state index contributed by atoms with van der Waals surface area (Å²) in [4.78, 5) is 61.8. The molecular formula is C19H17N7O7S3. The van der Waals surface area contributed by atoms with Gasteiger partial charge in [-0.3, -0.25) is 24.6 Å². The van der Waals surface area contributed by atoms with E-state index >= 15 is 0 Å². The predicted octanol–water partition coefficient (Wildman–Crippen LogP) is 0.910. The number of nitrogen functional groups attached to an aromatic ring is 1. The number of thioether (sulfide) groups is 2. The number of carbonyl (C=O) groups excluding carboxylic acids is 2. The Morgan fingerprint density at radius 3 is 2.83 bits per heavy atom. The molecule has 0 aromatic carbocycles. The first-order chi connectivity index (χ1) is 17.2. The Morgan fingerprint density at radius 1 is 1.47 bits per heavy atom. The number of nitro groups is 1. The molecule has 4 N–H and O–H groups in total. The molecule has 36 heavy (non-hydrogen) atoms. The summed E-state index contributed by atoms with van der Waals surface area (Å²) in [6.45, 7) is 0. The molecule has 0 bridgehead atoms. The number of aromatic nitrogens is 2. The molecule has 2 amide bonds. The van der Waals surface area contributed by atoms with E-state index in [-0.39, 0.29) is 33.7 Å². The van der Waals surface area contributed by atoms with Crippen molar-refractivity contribution in [3.05, 3.63) is 50.8 Å². The Hall–Kier alpha value is -3.70. The first-order valence-electron chi connectivity index (χ1n) is 9.98. The molecule has 17 heteroatoms. The van der Waals surface area contributed by atoms with Crippen LogP contribution >= 0.6 is 34.9 Å². The average Bonchev–Trinajstić information content (AvgIpc) is 3.29. The summed E-state index contributed by atoms with van der Waals surface area (Å²) in [6, 6.07) is 1.80. The average molecular weight is 552 g/mol. The van der Waals surface area contributed by atoms with Crippen LogP contribution in [0, 0.1) is 10.1 Å². The van der Waals surface area contributed by atoms with E-state index in [4.69, 9.17) is 10.6 Å². The highest BCUT2D eigenvalue weighted by molar-refractivity contribution is 8.01. The Labute approximate surface area is 215 Å². The SMILES string of the molecule is CON=C(C(=O)N[C@@H]1C(=O)N2C(C(=O)O)=C(CSc3ccc([N+](=O)[O-])cn3)CS[C@@H]12)c1csc(N)n1. The highest BCUT2D eigenvalue weighted by atomic mass is 32.2. The van der Waals surface area contributed by atoms with Crippen LogP contribution in [0.1, 0.15) is 5.69 Å². The zero-order valence-corrected chi connectivity index (χ0v) is 20.8. The van der Waals surface area contributed by atoms with Crippen LogP contribution < -0.4 is 11.1 Å². The molecule has 1 fully saturated rings. The zero-order chi connectivity index (χ0) is 26.0. The Kier molecular flexibility index (Phi) is 7.41. The summed E-state index contributed by atoms with van der Waals surface area (Å²) < 4.78 is 0. The van der Waals surface area contributed by atoms with Gasteiger partial charge in [-0.2, -0.15) is 0 Å². The molecule has 0 aliphatic carbocycles. The molecule has 2 aliphatic heterocycles. The van der Waals surface area contributed by atoms with Crippen molar-refractivity contribution >= 4 is 69.2 Å².